The predicted octanol–water partition coefficient (Wildman–Crippen LogP) is 1.99. The Morgan fingerprint density at radius 2 is 1.89 bits per heavy atom. The summed E-state index contributed by atoms with van der Waals surface area (Å²) in [5, 5.41) is 9.06. The highest BCUT2D eigenvalue weighted by molar-refractivity contribution is 5.69. The van der Waals surface area contributed by atoms with E-state index in [9.17, 15) is 4.79 Å². The van der Waals surface area contributed by atoms with Crippen LogP contribution in [0, 0.1) is 11.8 Å². The van der Waals surface area contributed by atoms with Crippen LogP contribution in [0.3, 0.4) is 0 Å². The van der Waals surface area contributed by atoms with Crippen molar-refractivity contribution in [1.82, 2.24) is 4.90 Å². The van der Waals surface area contributed by atoms with Gasteiger partial charge in [-0.05, 0) is 45.6 Å². The summed E-state index contributed by atoms with van der Waals surface area (Å²) in [6, 6.07) is 0.594. The van der Waals surface area contributed by atoms with E-state index in [1.165, 1.54) is 0 Å². The number of likely N-dealkylation sites (N-methyl/N-ethyl adjacent to an activating group) is 1. The second-order valence-corrected chi connectivity index (χ2v) is 6.30. The number of hydrogen-bond donors (Lipinski definition) is 1. The van der Waals surface area contributed by atoms with Crippen LogP contribution in [0.2, 0.25) is 0 Å². The number of carboxylic acids is 1. The highest BCUT2D eigenvalue weighted by Gasteiger charge is 2.41. The molecule has 2 rings (SSSR count). The molecule has 1 saturated heterocycles. The van der Waals surface area contributed by atoms with E-state index >= 15 is 0 Å². The van der Waals surface area contributed by atoms with E-state index in [0.29, 0.717) is 12.0 Å². The Morgan fingerprint density at radius 3 is 2.28 bits per heavy atom. The van der Waals surface area contributed by atoms with Gasteiger partial charge in [-0.25, -0.2) is 0 Å². The first-order chi connectivity index (χ1) is 8.44. The van der Waals surface area contributed by atoms with Crippen molar-refractivity contribution in [3.05, 3.63) is 0 Å². The zero-order valence-corrected chi connectivity index (χ0v) is 11.7. The van der Waals surface area contributed by atoms with E-state index in [1.807, 2.05) is 6.92 Å². The van der Waals surface area contributed by atoms with Crippen molar-refractivity contribution < 1.29 is 14.6 Å². The third-order valence-electron chi connectivity index (χ3n) is 5.06. The van der Waals surface area contributed by atoms with Crippen molar-refractivity contribution in [3.8, 4) is 0 Å². The second-order valence-electron chi connectivity index (χ2n) is 6.30. The lowest BCUT2D eigenvalue weighted by Gasteiger charge is -2.50. The fourth-order valence-corrected chi connectivity index (χ4v) is 3.23. The minimum atomic E-state index is -0.647. The molecule has 0 radical (unpaired) electrons. The molecule has 1 atom stereocenters. The summed E-state index contributed by atoms with van der Waals surface area (Å²) >= 11 is 0. The average molecular weight is 255 g/mol. The Kier molecular flexibility index (Phi) is 3.97. The molecule has 4 nitrogen and oxygen atoms in total. The third-order valence-corrected chi connectivity index (χ3v) is 5.06. The molecule has 1 aliphatic carbocycles. The van der Waals surface area contributed by atoms with E-state index in [4.69, 9.17) is 9.84 Å². The van der Waals surface area contributed by atoms with Crippen LogP contribution in [0.1, 0.15) is 39.5 Å². The lowest BCUT2D eigenvalue weighted by molar-refractivity contribution is -0.146. The topological polar surface area (TPSA) is 49.8 Å². The van der Waals surface area contributed by atoms with Gasteiger partial charge in [0.2, 0.25) is 0 Å². The fourth-order valence-electron chi connectivity index (χ4n) is 3.23. The largest absolute Gasteiger partial charge is 0.481 e. The van der Waals surface area contributed by atoms with Crippen molar-refractivity contribution in [1.29, 1.82) is 0 Å². The van der Waals surface area contributed by atoms with E-state index in [0.717, 1.165) is 38.9 Å². The fraction of sp³-hybridized carbons (Fsp3) is 0.929. The number of hydrogen-bond acceptors (Lipinski definition) is 3. The summed E-state index contributed by atoms with van der Waals surface area (Å²) in [6.45, 7) is 5.75. The van der Waals surface area contributed by atoms with Crippen LogP contribution < -0.4 is 0 Å². The molecule has 1 N–H and O–H groups in total. The highest BCUT2D eigenvalue weighted by Crippen LogP contribution is 2.35. The van der Waals surface area contributed by atoms with Crippen LogP contribution in [0.25, 0.3) is 0 Å². The van der Waals surface area contributed by atoms with Gasteiger partial charge >= 0.3 is 5.97 Å². The van der Waals surface area contributed by atoms with Crippen molar-refractivity contribution in [2.75, 3.05) is 20.3 Å². The zero-order valence-electron chi connectivity index (χ0n) is 11.7. The molecule has 1 saturated carbocycles. The Bertz CT molecular complexity index is 306. The Hall–Kier alpha value is -0.610. The highest BCUT2D eigenvalue weighted by atomic mass is 16.5. The van der Waals surface area contributed by atoms with Crippen LogP contribution in [0.4, 0.5) is 0 Å². The molecule has 2 aliphatic rings. The van der Waals surface area contributed by atoms with Crippen molar-refractivity contribution in [3.63, 3.8) is 0 Å². The molecule has 104 valence electrons. The molecular formula is C14H25NO3. The molecule has 0 spiro atoms. The summed E-state index contributed by atoms with van der Waals surface area (Å²) in [4.78, 5) is 13.5. The molecule has 0 aromatic heterocycles. The van der Waals surface area contributed by atoms with Crippen molar-refractivity contribution >= 4 is 5.97 Å². The maximum Gasteiger partial charge on any atom is 0.306 e. The molecule has 1 aliphatic heterocycles. The summed E-state index contributed by atoms with van der Waals surface area (Å²) in [5.41, 5.74) is 0.204. The van der Waals surface area contributed by atoms with Gasteiger partial charge in [0.15, 0.2) is 0 Å². The van der Waals surface area contributed by atoms with Gasteiger partial charge in [0, 0.05) is 6.04 Å². The first-order valence-electron chi connectivity index (χ1n) is 6.97. The lowest BCUT2D eigenvalue weighted by atomic mass is 9.77. The normalized spacial score (nSPS) is 32.9. The van der Waals surface area contributed by atoms with Gasteiger partial charge in [0.1, 0.15) is 0 Å². The standard InChI is InChI=1S/C14H25NO3/c1-10(13(16)17)11-4-6-12(7-5-11)15(3)14(2)8-18-9-14/h10-12H,4-9H2,1-3H3,(H,16,17). The molecular weight excluding hydrogens is 230 g/mol. The van der Waals surface area contributed by atoms with Gasteiger partial charge in [0.05, 0.1) is 24.7 Å². The minimum absolute atomic E-state index is 0.195. The van der Waals surface area contributed by atoms with Crippen LogP contribution >= 0.6 is 0 Å². The molecule has 18 heavy (non-hydrogen) atoms. The Balaban J connectivity index is 1.85. The smallest absolute Gasteiger partial charge is 0.306 e. The van der Waals surface area contributed by atoms with Gasteiger partial charge in [-0.3, -0.25) is 9.69 Å². The monoisotopic (exact) mass is 255 g/mol. The van der Waals surface area contributed by atoms with E-state index in [2.05, 4.69) is 18.9 Å². The molecule has 4 heteroatoms. The van der Waals surface area contributed by atoms with Crippen LogP contribution in [0.5, 0.6) is 0 Å². The molecule has 0 bridgehead atoms. The SMILES string of the molecule is CC(C(=O)O)C1CCC(N(C)C2(C)COC2)CC1. The minimum Gasteiger partial charge on any atom is -0.481 e. The summed E-state index contributed by atoms with van der Waals surface area (Å²) in [7, 11) is 2.19. The van der Waals surface area contributed by atoms with Crippen molar-refractivity contribution in [2.24, 2.45) is 11.8 Å². The Morgan fingerprint density at radius 1 is 1.33 bits per heavy atom. The quantitative estimate of drug-likeness (QED) is 0.834. The van der Waals surface area contributed by atoms with Gasteiger partial charge < -0.3 is 9.84 Å². The van der Waals surface area contributed by atoms with Gasteiger partial charge in [-0.15, -0.1) is 0 Å². The average Bonchev–Trinajstić information content (AvgIpc) is 2.34. The first kappa shape index (κ1) is 13.8. The summed E-state index contributed by atoms with van der Waals surface area (Å²) in [6.07, 6.45) is 4.32. The number of nitrogens with zero attached hydrogens (tertiary/aromatic N) is 1. The van der Waals surface area contributed by atoms with Gasteiger partial charge in [0.25, 0.3) is 0 Å². The number of ether oxygens (including phenoxy) is 1. The second kappa shape index (κ2) is 5.17. The van der Waals surface area contributed by atoms with E-state index in [1.54, 1.807) is 0 Å². The summed E-state index contributed by atoms with van der Waals surface area (Å²) < 4.78 is 5.32. The number of aliphatic carboxylic acids is 1. The van der Waals surface area contributed by atoms with Gasteiger partial charge in [-0.2, -0.15) is 0 Å². The van der Waals surface area contributed by atoms with Crippen LogP contribution in [0.15, 0.2) is 0 Å². The van der Waals surface area contributed by atoms with Crippen LogP contribution in [-0.4, -0.2) is 47.8 Å². The molecule has 0 aromatic rings. The molecule has 0 amide bonds. The Labute approximate surface area is 109 Å². The lowest BCUT2D eigenvalue weighted by Crippen LogP contribution is -2.62. The molecule has 1 heterocycles. The number of carbonyl (C=O) groups is 1. The summed E-state index contributed by atoms with van der Waals surface area (Å²) in [5.74, 6) is -0.484. The van der Waals surface area contributed by atoms with E-state index < -0.39 is 5.97 Å². The molecule has 0 aromatic carbocycles. The maximum absolute atomic E-state index is 11.0. The number of rotatable bonds is 4. The zero-order chi connectivity index (χ0) is 13.3. The maximum atomic E-state index is 11.0. The van der Waals surface area contributed by atoms with Crippen molar-refractivity contribution in [2.45, 2.75) is 51.1 Å². The molecule has 2 fully saturated rings. The van der Waals surface area contributed by atoms with Gasteiger partial charge in [-0.1, -0.05) is 6.92 Å². The third kappa shape index (κ3) is 2.54. The first-order valence-corrected chi connectivity index (χ1v) is 6.97. The number of carboxylic acid groups (broad SMARTS) is 1. The van der Waals surface area contributed by atoms with E-state index in [-0.39, 0.29) is 11.5 Å². The molecule has 1 unspecified atom stereocenters. The van der Waals surface area contributed by atoms with Crippen LogP contribution in [-0.2, 0) is 9.53 Å². The predicted molar refractivity (Wildman–Crippen MR) is 69.5 cm³/mol.